The zero-order chi connectivity index (χ0) is 15.1. The molecule has 8 heteroatoms. The number of sulfonamides is 1. The van der Waals surface area contributed by atoms with Gasteiger partial charge in [-0.2, -0.15) is 8.42 Å². The Hall–Kier alpha value is -1.54. The van der Waals surface area contributed by atoms with Gasteiger partial charge in [0.25, 0.3) is 10.0 Å². The number of fused-ring (bicyclic) bond motifs is 1. The molecular weight excluding hydrogens is 300 g/mol. The van der Waals surface area contributed by atoms with Crippen molar-refractivity contribution >= 4 is 38.6 Å². The molecule has 0 bridgehead atoms. The first-order chi connectivity index (χ1) is 9.20. The van der Waals surface area contributed by atoms with Crippen molar-refractivity contribution in [3.63, 3.8) is 0 Å². The number of nitrogens with zero attached hydrogens (tertiary/aromatic N) is 1. The number of carboxylic acid groups (broad SMARTS) is 1. The fourth-order valence-corrected chi connectivity index (χ4v) is 4.23. The quantitative estimate of drug-likeness (QED) is 0.866. The van der Waals surface area contributed by atoms with Crippen molar-refractivity contribution in [3.8, 4) is 0 Å². The lowest BCUT2D eigenvalue weighted by atomic mass is 10.1. The maximum atomic E-state index is 12.2. The van der Waals surface area contributed by atoms with Crippen molar-refractivity contribution in [2.45, 2.75) is 30.9 Å². The molecule has 1 aliphatic heterocycles. The number of rotatable bonds is 2. The van der Waals surface area contributed by atoms with E-state index < -0.39 is 21.2 Å². The van der Waals surface area contributed by atoms with Gasteiger partial charge in [-0.1, -0.05) is 17.8 Å². The minimum Gasteiger partial charge on any atom is -0.480 e. The maximum absolute atomic E-state index is 12.2. The van der Waals surface area contributed by atoms with E-state index in [1.165, 1.54) is 6.92 Å². The van der Waals surface area contributed by atoms with E-state index in [9.17, 15) is 13.2 Å². The van der Waals surface area contributed by atoms with Gasteiger partial charge in [0.15, 0.2) is 5.17 Å². The number of aryl methyl sites for hydroxylation is 2. The number of carbonyl (C=O) groups is 1. The Labute approximate surface area is 121 Å². The molecule has 6 nitrogen and oxygen atoms in total. The minimum atomic E-state index is -3.80. The molecule has 20 heavy (non-hydrogen) atoms. The van der Waals surface area contributed by atoms with Crippen molar-refractivity contribution in [3.05, 3.63) is 23.3 Å². The fourth-order valence-electron chi connectivity index (χ4n) is 1.95. The molecule has 0 amide bonds. The summed E-state index contributed by atoms with van der Waals surface area (Å²) in [5, 5.41) is 11.1. The molecule has 0 spiro atoms. The average Bonchev–Trinajstić information content (AvgIpc) is 2.25. The molecule has 0 aromatic heterocycles. The molecule has 0 saturated heterocycles. The van der Waals surface area contributed by atoms with Crippen LogP contribution in [-0.2, 0) is 14.8 Å². The van der Waals surface area contributed by atoms with Gasteiger partial charge in [-0.15, -0.1) is 4.40 Å². The van der Waals surface area contributed by atoms with Crippen LogP contribution in [0.25, 0.3) is 0 Å². The molecule has 1 aliphatic rings. The van der Waals surface area contributed by atoms with Crippen LogP contribution >= 0.6 is 11.8 Å². The Morgan fingerprint density at radius 1 is 1.40 bits per heavy atom. The normalized spacial score (nSPS) is 17.6. The number of thioether (sulfide) groups is 1. The molecule has 1 aromatic rings. The van der Waals surface area contributed by atoms with Crippen molar-refractivity contribution in [2.24, 2.45) is 4.40 Å². The van der Waals surface area contributed by atoms with Crippen LogP contribution in [0, 0.1) is 13.8 Å². The van der Waals surface area contributed by atoms with E-state index in [-0.39, 0.29) is 10.1 Å². The maximum Gasteiger partial charge on any atom is 0.316 e. The fraction of sp³-hybridized carbons (Fsp3) is 0.333. The summed E-state index contributed by atoms with van der Waals surface area (Å²) >= 11 is 0.866. The molecule has 1 unspecified atom stereocenters. The van der Waals surface area contributed by atoms with Crippen molar-refractivity contribution in [2.75, 3.05) is 5.32 Å². The topological polar surface area (TPSA) is 95.8 Å². The third-order valence-corrected chi connectivity index (χ3v) is 5.33. The van der Waals surface area contributed by atoms with E-state index in [4.69, 9.17) is 5.11 Å². The molecule has 0 fully saturated rings. The minimum absolute atomic E-state index is 0.0809. The van der Waals surface area contributed by atoms with Crippen molar-refractivity contribution in [1.82, 2.24) is 0 Å². The van der Waals surface area contributed by atoms with Gasteiger partial charge in [-0.05, 0) is 38.0 Å². The Balaban J connectivity index is 2.45. The highest BCUT2D eigenvalue weighted by Gasteiger charge is 2.29. The third kappa shape index (κ3) is 2.80. The number of anilines is 1. The predicted octanol–water partition coefficient (Wildman–Crippen LogP) is 1.98. The lowest BCUT2D eigenvalue weighted by molar-refractivity contribution is -0.136. The summed E-state index contributed by atoms with van der Waals surface area (Å²) in [6.45, 7) is 5.04. The SMILES string of the molecule is Cc1cc(C)c2c(c1)NC(SC(C)C(=O)O)=NS2(=O)=O. The largest absolute Gasteiger partial charge is 0.480 e. The first-order valence-corrected chi connectivity index (χ1v) is 8.15. The number of aliphatic carboxylic acids is 1. The summed E-state index contributed by atoms with van der Waals surface area (Å²) in [4.78, 5) is 11.0. The zero-order valence-corrected chi connectivity index (χ0v) is 12.8. The first kappa shape index (κ1) is 14.9. The van der Waals surface area contributed by atoms with Crippen LogP contribution in [0.3, 0.4) is 0 Å². The van der Waals surface area contributed by atoms with Gasteiger partial charge in [0.2, 0.25) is 0 Å². The van der Waals surface area contributed by atoms with Gasteiger partial charge >= 0.3 is 5.97 Å². The first-order valence-electron chi connectivity index (χ1n) is 5.83. The van der Waals surface area contributed by atoms with Gasteiger partial charge in [0.05, 0.1) is 5.69 Å². The molecule has 1 heterocycles. The second-order valence-electron chi connectivity index (χ2n) is 4.55. The van der Waals surface area contributed by atoms with Gasteiger partial charge in [0, 0.05) is 0 Å². The van der Waals surface area contributed by atoms with Gasteiger partial charge < -0.3 is 10.4 Å². The molecule has 0 radical (unpaired) electrons. The van der Waals surface area contributed by atoms with Crippen LogP contribution in [0.4, 0.5) is 5.69 Å². The molecular formula is C12H14N2O4S2. The Kier molecular flexibility index (Phi) is 3.79. The molecule has 2 rings (SSSR count). The van der Waals surface area contributed by atoms with Crippen molar-refractivity contribution < 1.29 is 18.3 Å². The predicted molar refractivity (Wildman–Crippen MR) is 78.8 cm³/mol. The highest BCUT2D eigenvalue weighted by atomic mass is 32.2. The van der Waals surface area contributed by atoms with Crippen LogP contribution in [0.5, 0.6) is 0 Å². The van der Waals surface area contributed by atoms with Crippen LogP contribution in [0.2, 0.25) is 0 Å². The number of nitrogens with one attached hydrogen (secondary N) is 1. The van der Waals surface area contributed by atoms with Crippen LogP contribution in [0.15, 0.2) is 21.4 Å². The Morgan fingerprint density at radius 2 is 2.05 bits per heavy atom. The second kappa shape index (κ2) is 5.10. The summed E-state index contributed by atoms with van der Waals surface area (Å²) in [7, 11) is -3.80. The lowest BCUT2D eigenvalue weighted by Gasteiger charge is -2.20. The van der Waals surface area contributed by atoms with E-state index in [1.807, 2.05) is 6.92 Å². The monoisotopic (exact) mass is 314 g/mol. The average molecular weight is 314 g/mol. The van der Waals surface area contributed by atoms with E-state index in [0.717, 1.165) is 17.3 Å². The van der Waals surface area contributed by atoms with E-state index in [1.54, 1.807) is 19.1 Å². The number of carboxylic acids is 1. The highest BCUT2D eigenvalue weighted by Crippen LogP contribution is 2.33. The summed E-state index contributed by atoms with van der Waals surface area (Å²) in [6.07, 6.45) is 0. The molecule has 1 atom stereocenters. The Morgan fingerprint density at radius 3 is 2.65 bits per heavy atom. The standard InChI is InChI=1S/C12H14N2O4S2/c1-6-4-7(2)10-9(5-6)13-12(14-20(10,17)18)19-8(3)11(15)16/h4-5,8H,1-3H3,(H,13,14)(H,15,16). The van der Waals surface area contributed by atoms with Gasteiger partial charge in [-0.25, -0.2) is 0 Å². The number of hydrogen-bond acceptors (Lipinski definition) is 5. The Bertz CT molecular complexity index is 710. The summed E-state index contributed by atoms with van der Waals surface area (Å²) in [5.41, 5.74) is 1.98. The highest BCUT2D eigenvalue weighted by molar-refractivity contribution is 8.15. The second-order valence-corrected chi connectivity index (χ2v) is 7.42. The van der Waals surface area contributed by atoms with Crippen LogP contribution in [0.1, 0.15) is 18.1 Å². The van der Waals surface area contributed by atoms with Crippen molar-refractivity contribution in [1.29, 1.82) is 0 Å². The molecule has 0 aliphatic carbocycles. The van der Waals surface area contributed by atoms with Gasteiger partial charge in [0.1, 0.15) is 10.1 Å². The van der Waals surface area contributed by atoms with E-state index in [2.05, 4.69) is 9.71 Å². The third-order valence-electron chi connectivity index (χ3n) is 2.76. The summed E-state index contributed by atoms with van der Waals surface area (Å²) < 4.78 is 28.0. The smallest absolute Gasteiger partial charge is 0.316 e. The van der Waals surface area contributed by atoms with E-state index >= 15 is 0 Å². The van der Waals surface area contributed by atoms with Crippen LogP contribution < -0.4 is 5.32 Å². The summed E-state index contributed by atoms with van der Waals surface area (Å²) in [5.74, 6) is -1.02. The molecule has 0 saturated carbocycles. The zero-order valence-electron chi connectivity index (χ0n) is 11.2. The van der Waals surface area contributed by atoms with Gasteiger partial charge in [-0.3, -0.25) is 4.79 Å². The van der Waals surface area contributed by atoms with Crippen LogP contribution in [-0.4, -0.2) is 29.9 Å². The molecule has 108 valence electrons. The number of hydrogen-bond donors (Lipinski definition) is 2. The molecule has 1 aromatic carbocycles. The summed E-state index contributed by atoms with van der Waals surface area (Å²) in [6, 6.07) is 3.48. The number of amidine groups is 1. The lowest BCUT2D eigenvalue weighted by Crippen LogP contribution is -2.24. The molecule has 2 N–H and O–H groups in total. The van der Waals surface area contributed by atoms with E-state index in [0.29, 0.717) is 11.3 Å². The number of benzene rings is 1.